The number of carbonyl (C=O) groups excluding carboxylic acids is 1. The highest BCUT2D eigenvalue weighted by Gasteiger charge is 2.18. The van der Waals surface area contributed by atoms with Crippen LogP contribution in [0.4, 0.5) is 5.82 Å². The highest BCUT2D eigenvalue weighted by atomic mass is 32.2. The summed E-state index contributed by atoms with van der Waals surface area (Å²) in [6.07, 6.45) is 6.15. The Kier molecular flexibility index (Phi) is 5.76. The van der Waals surface area contributed by atoms with Crippen molar-refractivity contribution in [3.63, 3.8) is 0 Å². The molecule has 2 heterocycles. The van der Waals surface area contributed by atoms with E-state index >= 15 is 0 Å². The van der Waals surface area contributed by atoms with Crippen molar-refractivity contribution < 1.29 is 4.79 Å². The minimum atomic E-state index is -0.107. The predicted molar refractivity (Wildman–Crippen MR) is 110 cm³/mol. The third-order valence-electron chi connectivity index (χ3n) is 4.90. The molecule has 0 aliphatic heterocycles. The molecule has 1 fully saturated rings. The van der Waals surface area contributed by atoms with Crippen LogP contribution >= 0.6 is 11.8 Å². The average Bonchev–Trinajstić information content (AvgIpc) is 3.43. The van der Waals surface area contributed by atoms with Crippen LogP contribution < -0.4 is 5.32 Å². The van der Waals surface area contributed by atoms with Gasteiger partial charge in [-0.15, -0.1) is 5.10 Å². The first kappa shape index (κ1) is 18.7. The summed E-state index contributed by atoms with van der Waals surface area (Å²) >= 11 is 1.34. The maximum atomic E-state index is 12.4. The summed E-state index contributed by atoms with van der Waals surface area (Å²) < 4.78 is 1.74. The fraction of sp³-hybridized carbons (Fsp3) is 0.400. The Morgan fingerprint density at radius 1 is 1.29 bits per heavy atom. The molecule has 1 saturated carbocycles. The molecule has 0 spiro atoms. The monoisotopic (exact) mass is 396 g/mol. The zero-order valence-corrected chi connectivity index (χ0v) is 16.7. The third-order valence-corrected chi connectivity index (χ3v) is 5.75. The number of benzene rings is 1. The van der Waals surface area contributed by atoms with Gasteiger partial charge in [-0.25, -0.2) is 9.67 Å². The van der Waals surface area contributed by atoms with E-state index in [0.29, 0.717) is 11.0 Å². The molecule has 1 aromatic carbocycles. The molecule has 7 nitrogen and oxygen atoms in total. The van der Waals surface area contributed by atoms with Gasteiger partial charge in [0, 0.05) is 12.5 Å². The lowest BCUT2D eigenvalue weighted by Crippen LogP contribution is -2.17. The van der Waals surface area contributed by atoms with Crippen molar-refractivity contribution in [3.8, 4) is 5.69 Å². The number of hydrogen-bond donors (Lipinski definition) is 2. The Balaban J connectivity index is 1.33. The van der Waals surface area contributed by atoms with Crippen LogP contribution in [-0.2, 0) is 11.2 Å². The number of aryl methyl sites for hydroxylation is 1. The highest BCUT2D eigenvalue weighted by molar-refractivity contribution is 7.99. The summed E-state index contributed by atoms with van der Waals surface area (Å²) in [5.41, 5.74) is 1.75. The molecular weight excluding hydrogens is 372 g/mol. The first-order valence-corrected chi connectivity index (χ1v) is 10.6. The molecule has 1 amide bonds. The second-order valence-corrected chi connectivity index (χ2v) is 8.12. The van der Waals surface area contributed by atoms with Gasteiger partial charge in [0.1, 0.15) is 11.6 Å². The van der Waals surface area contributed by atoms with Gasteiger partial charge in [-0.2, -0.15) is 5.10 Å². The van der Waals surface area contributed by atoms with Crippen molar-refractivity contribution >= 4 is 23.5 Å². The largest absolute Gasteiger partial charge is 0.310 e. The molecule has 0 atom stereocenters. The molecular formula is C20H24N6OS. The average molecular weight is 397 g/mol. The molecule has 8 heteroatoms. The Bertz CT molecular complexity index is 929. The maximum absolute atomic E-state index is 12.4. The normalized spacial score (nSPS) is 14.5. The quantitative estimate of drug-likeness (QED) is 0.594. The van der Waals surface area contributed by atoms with E-state index in [1.807, 2.05) is 43.3 Å². The van der Waals surface area contributed by atoms with Crippen molar-refractivity contribution in [3.05, 3.63) is 47.9 Å². The third kappa shape index (κ3) is 4.62. The molecule has 1 aliphatic carbocycles. The van der Waals surface area contributed by atoms with Gasteiger partial charge in [0.25, 0.3) is 0 Å². The predicted octanol–water partition coefficient (Wildman–Crippen LogP) is 3.76. The molecule has 4 rings (SSSR count). The summed E-state index contributed by atoms with van der Waals surface area (Å²) in [5.74, 6) is 2.44. The summed E-state index contributed by atoms with van der Waals surface area (Å²) in [5, 5.41) is 15.3. The number of carbonyl (C=O) groups is 1. The van der Waals surface area contributed by atoms with Crippen molar-refractivity contribution in [2.45, 2.75) is 44.2 Å². The van der Waals surface area contributed by atoms with Crippen molar-refractivity contribution in [2.75, 3.05) is 11.1 Å². The van der Waals surface area contributed by atoms with E-state index in [4.69, 9.17) is 0 Å². The van der Waals surface area contributed by atoms with Gasteiger partial charge < -0.3 is 5.32 Å². The zero-order chi connectivity index (χ0) is 19.3. The Morgan fingerprint density at radius 3 is 2.86 bits per heavy atom. The summed E-state index contributed by atoms with van der Waals surface area (Å²) in [6.45, 7) is 1.91. The molecule has 3 aromatic rings. The van der Waals surface area contributed by atoms with Crippen molar-refractivity contribution in [1.29, 1.82) is 0 Å². The highest BCUT2D eigenvalue weighted by Crippen LogP contribution is 2.27. The molecule has 28 heavy (non-hydrogen) atoms. The number of anilines is 1. The van der Waals surface area contributed by atoms with Crippen molar-refractivity contribution in [2.24, 2.45) is 5.92 Å². The number of para-hydroxylation sites is 1. The molecule has 0 radical (unpaired) electrons. The number of aromatic nitrogens is 5. The number of H-pyrrole nitrogens is 1. The van der Waals surface area contributed by atoms with Crippen LogP contribution in [0.3, 0.4) is 0 Å². The minimum absolute atomic E-state index is 0.107. The van der Waals surface area contributed by atoms with Gasteiger partial charge >= 0.3 is 0 Å². The molecule has 2 aromatic heterocycles. The molecule has 146 valence electrons. The molecule has 1 aliphatic rings. The first-order chi connectivity index (χ1) is 13.7. The number of hydrogen-bond acceptors (Lipinski definition) is 5. The zero-order valence-electron chi connectivity index (χ0n) is 15.9. The van der Waals surface area contributed by atoms with Crippen LogP contribution in [0.25, 0.3) is 5.69 Å². The van der Waals surface area contributed by atoms with E-state index in [2.05, 4.69) is 25.6 Å². The van der Waals surface area contributed by atoms with Crippen LogP contribution in [0, 0.1) is 12.8 Å². The smallest absolute Gasteiger partial charge is 0.236 e. The van der Waals surface area contributed by atoms with E-state index in [0.717, 1.165) is 29.5 Å². The Hall–Kier alpha value is -2.61. The van der Waals surface area contributed by atoms with Crippen LogP contribution in [0.2, 0.25) is 0 Å². The molecule has 0 unspecified atom stereocenters. The second-order valence-electron chi connectivity index (χ2n) is 7.17. The van der Waals surface area contributed by atoms with Gasteiger partial charge in [-0.3, -0.25) is 9.89 Å². The fourth-order valence-corrected chi connectivity index (χ4v) is 4.20. The summed E-state index contributed by atoms with van der Waals surface area (Å²) in [7, 11) is 0. The van der Waals surface area contributed by atoms with E-state index in [9.17, 15) is 4.79 Å². The standard InChI is InChI=1S/C20H24N6OS/c1-14-11-18(26(25-14)16-9-3-2-4-10-16)22-19(27)13-28-20-21-17(23-24-20)12-15-7-5-6-8-15/h2-4,9-11,15H,5-8,12-13H2,1H3,(H,22,27)(H,21,23,24). The van der Waals surface area contributed by atoms with E-state index in [-0.39, 0.29) is 11.7 Å². The topological polar surface area (TPSA) is 88.5 Å². The number of rotatable bonds is 7. The maximum Gasteiger partial charge on any atom is 0.236 e. The summed E-state index contributed by atoms with van der Waals surface area (Å²) in [6, 6.07) is 11.6. The van der Waals surface area contributed by atoms with Gasteiger partial charge in [0.05, 0.1) is 17.1 Å². The number of nitrogens with zero attached hydrogens (tertiary/aromatic N) is 4. The second kappa shape index (κ2) is 8.60. The molecule has 2 N–H and O–H groups in total. The molecule has 0 saturated heterocycles. The van der Waals surface area contributed by atoms with Gasteiger partial charge in [-0.05, 0) is 25.0 Å². The van der Waals surface area contributed by atoms with Gasteiger partial charge in [0.2, 0.25) is 11.1 Å². The first-order valence-electron chi connectivity index (χ1n) is 9.63. The van der Waals surface area contributed by atoms with Crippen LogP contribution in [-0.4, -0.2) is 36.6 Å². The van der Waals surface area contributed by atoms with Crippen molar-refractivity contribution in [1.82, 2.24) is 25.0 Å². The van der Waals surface area contributed by atoms with E-state index in [1.165, 1.54) is 37.4 Å². The Labute approximate surface area is 168 Å². The Morgan fingerprint density at radius 2 is 2.07 bits per heavy atom. The number of thioether (sulfide) groups is 1. The van der Waals surface area contributed by atoms with Crippen LogP contribution in [0.5, 0.6) is 0 Å². The number of nitrogens with one attached hydrogen (secondary N) is 2. The van der Waals surface area contributed by atoms with Crippen LogP contribution in [0.15, 0.2) is 41.6 Å². The van der Waals surface area contributed by atoms with E-state index < -0.39 is 0 Å². The lowest BCUT2D eigenvalue weighted by atomic mass is 10.0. The lowest BCUT2D eigenvalue weighted by molar-refractivity contribution is -0.113. The van der Waals surface area contributed by atoms with Gasteiger partial charge in [0.15, 0.2) is 0 Å². The summed E-state index contributed by atoms with van der Waals surface area (Å²) in [4.78, 5) is 16.9. The minimum Gasteiger partial charge on any atom is -0.310 e. The molecule has 0 bridgehead atoms. The number of aromatic amines is 1. The van der Waals surface area contributed by atoms with E-state index in [1.54, 1.807) is 4.68 Å². The van der Waals surface area contributed by atoms with Crippen LogP contribution in [0.1, 0.15) is 37.2 Å². The lowest BCUT2D eigenvalue weighted by Gasteiger charge is -2.08. The SMILES string of the molecule is Cc1cc(NC(=O)CSc2n[nH]c(CC3CCCC3)n2)n(-c2ccccc2)n1. The van der Waals surface area contributed by atoms with Gasteiger partial charge in [-0.1, -0.05) is 55.6 Å². The number of amides is 1. The fourth-order valence-electron chi connectivity index (χ4n) is 3.59.